The molecule has 0 saturated carbocycles. The Labute approximate surface area is 127 Å². The van der Waals surface area contributed by atoms with Gasteiger partial charge in [0.1, 0.15) is 6.33 Å². The number of hydrogen-bond donors (Lipinski definition) is 1. The molecule has 7 heteroatoms. The third-order valence-corrected chi connectivity index (χ3v) is 3.76. The number of ether oxygens (including phenoxy) is 1. The number of anilines is 1. The van der Waals surface area contributed by atoms with Crippen molar-refractivity contribution in [1.29, 1.82) is 0 Å². The van der Waals surface area contributed by atoms with Crippen LogP contribution in [0.15, 0.2) is 35.7 Å². The molecule has 0 bridgehead atoms. The van der Waals surface area contributed by atoms with Gasteiger partial charge >= 0.3 is 0 Å². The van der Waals surface area contributed by atoms with Gasteiger partial charge in [0.05, 0.1) is 12.4 Å². The number of nitrogens with one attached hydrogen (secondary N) is 1. The lowest BCUT2D eigenvalue weighted by molar-refractivity contribution is -0.113. The predicted octanol–water partition coefficient (Wildman–Crippen LogP) is 1.96. The maximum Gasteiger partial charge on any atom is 0.234 e. The molecule has 21 heavy (non-hydrogen) atoms. The van der Waals surface area contributed by atoms with Crippen LogP contribution in [0.5, 0.6) is 0 Å². The van der Waals surface area contributed by atoms with Crippen LogP contribution in [0.3, 0.4) is 0 Å². The summed E-state index contributed by atoms with van der Waals surface area (Å²) >= 11 is 1.36. The van der Waals surface area contributed by atoms with Crippen molar-refractivity contribution in [2.45, 2.75) is 18.6 Å². The van der Waals surface area contributed by atoms with Gasteiger partial charge in [-0.05, 0) is 19.1 Å². The maximum atomic E-state index is 11.9. The van der Waals surface area contributed by atoms with E-state index in [4.69, 9.17) is 4.74 Å². The molecule has 0 aliphatic rings. The molecular weight excluding hydrogens is 288 g/mol. The smallest absolute Gasteiger partial charge is 0.234 e. The van der Waals surface area contributed by atoms with Gasteiger partial charge in [0.15, 0.2) is 5.16 Å². The molecule has 0 spiro atoms. The molecule has 0 fully saturated rings. The number of rotatable bonds is 7. The van der Waals surface area contributed by atoms with Gasteiger partial charge in [-0.3, -0.25) is 4.79 Å². The summed E-state index contributed by atoms with van der Waals surface area (Å²) in [4.78, 5) is 11.9. The number of nitrogens with zero attached hydrogens (tertiary/aromatic N) is 3. The minimum Gasteiger partial charge on any atom is -0.383 e. The number of aromatic nitrogens is 3. The molecule has 0 saturated heterocycles. The van der Waals surface area contributed by atoms with Crippen molar-refractivity contribution >= 4 is 23.4 Å². The van der Waals surface area contributed by atoms with Crippen LogP contribution in [0.4, 0.5) is 5.69 Å². The molecule has 112 valence electrons. The van der Waals surface area contributed by atoms with E-state index >= 15 is 0 Å². The molecule has 1 aromatic heterocycles. The highest BCUT2D eigenvalue weighted by molar-refractivity contribution is 7.99. The van der Waals surface area contributed by atoms with Gasteiger partial charge in [-0.25, -0.2) is 0 Å². The van der Waals surface area contributed by atoms with Gasteiger partial charge in [-0.2, -0.15) is 0 Å². The quantitative estimate of drug-likeness (QED) is 0.792. The lowest BCUT2D eigenvalue weighted by Gasteiger charge is -2.06. The Hall–Kier alpha value is -1.86. The molecule has 1 aromatic carbocycles. The fourth-order valence-electron chi connectivity index (χ4n) is 1.66. The van der Waals surface area contributed by atoms with Crippen molar-refractivity contribution in [3.63, 3.8) is 0 Å². The lowest BCUT2D eigenvalue weighted by Crippen LogP contribution is -2.14. The number of methoxy groups -OCH3 is 1. The van der Waals surface area contributed by atoms with Crippen molar-refractivity contribution in [2.75, 3.05) is 24.8 Å². The summed E-state index contributed by atoms with van der Waals surface area (Å²) in [5, 5.41) is 11.4. The summed E-state index contributed by atoms with van der Waals surface area (Å²) in [6, 6.07) is 7.70. The van der Waals surface area contributed by atoms with E-state index in [0.717, 1.165) is 11.3 Å². The van der Waals surface area contributed by atoms with E-state index in [9.17, 15) is 4.79 Å². The van der Waals surface area contributed by atoms with Gasteiger partial charge in [-0.15, -0.1) is 10.2 Å². The topological polar surface area (TPSA) is 69.0 Å². The zero-order valence-electron chi connectivity index (χ0n) is 12.1. The summed E-state index contributed by atoms with van der Waals surface area (Å²) in [5.41, 5.74) is 1.96. The fraction of sp³-hybridized carbons (Fsp3) is 0.357. The largest absolute Gasteiger partial charge is 0.383 e. The van der Waals surface area contributed by atoms with Gasteiger partial charge in [0, 0.05) is 19.3 Å². The van der Waals surface area contributed by atoms with E-state index in [2.05, 4.69) is 15.5 Å². The number of benzene rings is 1. The number of amides is 1. The highest BCUT2D eigenvalue weighted by Gasteiger charge is 2.08. The predicted molar refractivity (Wildman–Crippen MR) is 82.4 cm³/mol. The van der Waals surface area contributed by atoms with E-state index in [0.29, 0.717) is 24.1 Å². The monoisotopic (exact) mass is 306 g/mol. The van der Waals surface area contributed by atoms with Crippen LogP contribution < -0.4 is 5.32 Å². The molecule has 2 rings (SSSR count). The van der Waals surface area contributed by atoms with Crippen LogP contribution in [0.2, 0.25) is 0 Å². The lowest BCUT2D eigenvalue weighted by atomic mass is 10.2. The van der Waals surface area contributed by atoms with Crippen molar-refractivity contribution < 1.29 is 9.53 Å². The molecule has 0 unspecified atom stereocenters. The molecule has 0 aliphatic heterocycles. The zero-order valence-corrected chi connectivity index (χ0v) is 12.9. The molecule has 0 radical (unpaired) electrons. The number of hydrogen-bond acceptors (Lipinski definition) is 5. The van der Waals surface area contributed by atoms with Crippen LogP contribution in [-0.4, -0.2) is 40.1 Å². The van der Waals surface area contributed by atoms with E-state index in [1.54, 1.807) is 13.4 Å². The molecule has 2 aromatic rings. The number of thioether (sulfide) groups is 1. The molecular formula is C14H18N4O2S. The SMILES string of the molecule is COCCn1cnnc1SCC(=O)Nc1ccc(C)cc1. The minimum absolute atomic E-state index is 0.0647. The second kappa shape index (κ2) is 7.80. The normalized spacial score (nSPS) is 10.6. The second-order valence-electron chi connectivity index (χ2n) is 4.50. The molecule has 1 N–H and O–H groups in total. The Balaban J connectivity index is 1.83. The van der Waals surface area contributed by atoms with E-state index < -0.39 is 0 Å². The highest BCUT2D eigenvalue weighted by Crippen LogP contribution is 2.15. The van der Waals surface area contributed by atoms with Gasteiger partial charge in [-0.1, -0.05) is 29.5 Å². The van der Waals surface area contributed by atoms with Crippen molar-refractivity contribution in [3.8, 4) is 0 Å². The van der Waals surface area contributed by atoms with Crippen LogP contribution in [-0.2, 0) is 16.1 Å². The maximum absolute atomic E-state index is 11.9. The van der Waals surface area contributed by atoms with Crippen LogP contribution >= 0.6 is 11.8 Å². The van der Waals surface area contributed by atoms with Gasteiger partial charge in [0.25, 0.3) is 0 Å². The minimum atomic E-state index is -0.0647. The first kappa shape index (κ1) is 15.5. The van der Waals surface area contributed by atoms with Crippen molar-refractivity contribution in [3.05, 3.63) is 36.2 Å². The molecule has 0 atom stereocenters. The average molecular weight is 306 g/mol. The zero-order chi connectivity index (χ0) is 15.1. The average Bonchev–Trinajstić information content (AvgIpc) is 2.93. The second-order valence-corrected chi connectivity index (χ2v) is 5.45. The summed E-state index contributed by atoms with van der Waals surface area (Å²) in [6.45, 7) is 3.26. The Morgan fingerprint density at radius 1 is 1.38 bits per heavy atom. The third kappa shape index (κ3) is 4.87. The van der Waals surface area contributed by atoms with E-state index in [1.165, 1.54) is 11.8 Å². The van der Waals surface area contributed by atoms with Crippen LogP contribution in [0.1, 0.15) is 5.56 Å². The van der Waals surface area contributed by atoms with Gasteiger partial charge < -0.3 is 14.6 Å². The Bertz CT molecular complexity index is 583. The fourth-order valence-corrected chi connectivity index (χ4v) is 2.40. The first-order chi connectivity index (χ1) is 10.2. The highest BCUT2D eigenvalue weighted by atomic mass is 32.2. The standard InChI is InChI=1S/C14H18N4O2S/c1-11-3-5-12(6-4-11)16-13(19)9-21-14-17-15-10-18(14)7-8-20-2/h3-6,10H,7-9H2,1-2H3,(H,16,19). The molecule has 0 aliphatic carbocycles. The number of carbonyl (C=O) groups excluding carboxylic acids is 1. The van der Waals surface area contributed by atoms with Gasteiger partial charge in [0.2, 0.25) is 5.91 Å². The molecule has 1 heterocycles. The van der Waals surface area contributed by atoms with Crippen LogP contribution in [0, 0.1) is 6.92 Å². The summed E-state index contributed by atoms with van der Waals surface area (Å²) in [7, 11) is 1.65. The molecule has 6 nitrogen and oxygen atoms in total. The Morgan fingerprint density at radius 2 is 2.14 bits per heavy atom. The Morgan fingerprint density at radius 3 is 2.86 bits per heavy atom. The first-order valence-corrected chi connectivity index (χ1v) is 7.53. The third-order valence-electron chi connectivity index (χ3n) is 2.78. The Kier molecular flexibility index (Phi) is 5.77. The van der Waals surface area contributed by atoms with Crippen molar-refractivity contribution in [1.82, 2.24) is 14.8 Å². The van der Waals surface area contributed by atoms with E-state index in [1.807, 2.05) is 35.8 Å². The van der Waals surface area contributed by atoms with Crippen molar-refractivity contribution in [2.24, 2.45) is 0 Å². The summed E-state index contributed by atoms with van der Waals surface area (Å²) in [6.07, 6.45) is 1.64. The summed E-state index contributed by atoms with van der Waals surface area (Å²) in [5.74, 6) is 0.227. The summed E-state index contributed by atoms with van der Waals surface area (Å²) < 4.78 is 6.89. The first-order valence-electron chi connectivity index (χ1n) is 6.55. The number of carbonyl (C=O) groups is 1. The van der Waals surface area contributed by atoms with Crippen LogP contribution in [0.25, 0.3) is 0 Å². The molecule has 1 amide bonds. The number of aryl methyl sites for hydroxylation is 1. The van der Waals surface area contributed by atoms with E-state index in [-0.39, 0.29) is 5.91 Å².